The summed E-state index contributed by atoms with van der Waals surface area (Å²) >= 11 is 0. The molecule has 0 radical (unpaired) electrons. The number of unbranched alkanes of at least 4 members (excludes halogenated alkanes) is 1. The first-order chi connectivity index (χ1) is 13.2. The SMILES string of the molecule is CCCCOC(=O)c1ccc(NC(=O)c2conc2-c2ccccc2)cc1. The molecule has 0 spiro atoms. The quantitative estimate of drug-likeness (QED) is 0.491. The molecule has 0 unspecified atom stereocenters. The molecule has 0 saturated carbocycles. The summed E-state index contributed by atoms with van der Waals surface area (Å²) in [6.45, 7) is 2.44. The van der Waals surface area contributed by atoms with E-state index in [4.69, 9.17) is 9.26 Å². The molecule has 0 fully saturated rings. The summed E-state index contributed by atoms with van der Waals surface area (Å²) in [6.07, 6.45) is 3.12. The second kappa shape index (κ2) is 8.80. The van der Waals surface area contributed by atoms with Crippen molar-refractivity contribution in [2.75, 3.05) is 11.9 Å². The largest absolute Gasteiger partial charge is 0.462 e. The number of nitrogens with zero attached hydrogens (tertiary/aromatic N) is 1. The highest BCUT2D eigenvalue weighted by molar-refractivity contribution is 6.08. The van der Waals surface area contributed by atoms with Gasteiger partial charge in [-0.15, -0.1) is 0 Å². The third-order valence-corrected chi connectivity index (χ3v) is 3.97. The Morgan fingerprint density at radius 3 is 2.52 bits per heavy atom. The summed E-state index contributed by atoms with van der Waals surface area (Å²) in [7, 11) is 0. The molecule has 2 aromatic carbocycles. The molecular formula is C21H20N2O4. The second-order valence-electron chi connectivity index (χ2n) is 5.96. The predicted octanol–water partition coefficient (Wildman–Crippen LogP) is 4.55. The maximum absolute atomic E-state index is 12.6. The van der Waals surface area contributed by atoms with Crippen LogP contribution in [0.5, 0.6) is 0 Å². The van der Waals surface area contributed by atoms with Gasteiger partial charge in [-0.3, -0.25) is 4.79 Å². The van der Waals surface area contributed by atoms with Gasteiger partial charge in [-0.05, 0) is 30.7 Å². The number of hydrogen-bond donors (Lipinski definition) is 1. The lowest BCUT2D eigenvalue weighted by atomic mass is 10.1. The minimum Gasteiger partial charge on any atom is -0.462 e. The number of aromatic nitrogens is 1. The number of anilines is 1. The van der Waals surface area contributed by atoms with Crippen molar-refractivity contribution in [2.45, 2.75) is 19.8 Å². The Morgan fingerprint density at radius 2 is 1.81 bits per heavy atom. The number of ether oxygens (including phenoxy) is 1. The molecular weight excluding hydrogens is 344 g/mol. The maximum atomic E-state index is 12.6. The number of nitrogens with one attached hydrogen (secondary N) is 1. The van der Waals surface area contributed by atoms with E-state index >= 15 is 0 Å². The Labute approximate surface area is 157 Å². The van der Waals surface area contributed by atoms with Crippen LogP contribution in [-0.4, -0.2) is 23.6 Å². The first kappa shape index (κ1) is 18.4. The number of benzene rings is 2. The Hall–Kier alpha value is -3.41. The summed E-state index contributed by atoms with van der Waals surface area (Å²) in [6, 6.07) is 15.9. The lowest BCUT2D eigenvalue weighted by Gasteiger charge is -2.07. The van der Waals surface area contributed by atoms with Gasteiger partial charge in [-0.1, -0.05) is 48.8 Å². The van der Waals surface area contributed by atoms with Gasteiger partial charge in [0.1, 0.15) is 17.5 Å². The van der Waals surface area contributed by atoms with E-state index < -0.39 is 0 Å². The van der Waals surface area contributed by atoms with Crippen LogP contribution in [0.3, 0.4) is 0 Å². The summed E-state index contributed by atoms with van der Waals surface area (Å²) in [5.74, 6) is -0.708. The fourth-order valence-corrected chi connectivity index (χ4v) is 2.48. The molecule has 0 aliphatic carbocycles. The predicted molar refractivity (Wildman–Crippen MR) is 102 cm³/mol. The van der Waals surface area contributed by atoms with Crippen LogP contribution in [0.15, 0.2) is 65.4 Å². The van der Waals surface area contributed by atoms with Crippen molar-refractivity contribution >= 4 is 17.6 Å². The van der Waals surface area contributed by atoms with E-state index in [-0.39, 0.29) is 11.9 Å². The van der Waals surface area contributed by atoms with Crippen LogP contribution in [-0.2, 0) is 4.74 Å². The zero-order chi connectivity index (χ0) is 19.1. The van der Waals surface area contributed by atoms with Crippen LogP contribution < -0.4 is 5.32 Å². The molecule has 1 N–H and O–H groups in total. The van der Waals surface area contributed by atoms with Gasteiger partial charge in [0.05, 0.1) is 12.2 Å². The van der Waals surface area contributed by atoms with E-state index in [0.717, 1.165) is 18.4 Å². The van der Waals surface area contributed by atoms with Crippen molar-refractivity contribution in [3.63, 3.8) is 0 Å². The molecule has 1 amide bonds. The molecule has 1 aromatic heterocycles. The van der Waals surface area contributed by atoms with Gasteiger partial charge >= 0.3 is 5.97 Å². The molecule has 6 nitrogen and oxygen atoms in total. The minimum atomic E-state index is -0.369. The van der Waals surface area contributed by atoms with Crippen molar-refractivity contribution in [3.8, 4) is 11.3 Å². The minimum absolute atomic E-state index is 0.337. The Bertz CT molecular complexity index is 901. The second-order valence-corrected chi connectivity index (χ2v) is 5.96. The van der Waals surface area contributed by atoms with Gasteiger partial charge in [0.25, 0.3) is 5.91 Å². The van der Waals surface area contributed by atoms with Gasteiger partial charge in [0, 0.05) is 11.3 Å². The number of esters is 1. The lowest BCUT2D eigenvalue weighted by Crippen LogP contribution is -2.12. The lowest BCUT2D eigenvalue weighted by molar-refractivity contribution is 0.0499. The zero-order valence-corrected chi connectivity index (χ0v) is 15.0. The van der Waals surface area contributed by atoms with E-state index in [1.807, 2.05) is 37.3 Å². The first-order valence-electron chi connectivity index (χ1n) is 8.77. The highest BCUT2D eigenvalue weighted by Gasteiger charge is 2.17. The van der Waals surface area contributed by atoms with Crippen LogP contribution >= 0.6 is 0 Å². The van der Waals surface area contributed by atoms with Crippen molar-refractivity contribution in [1.82, 2.24) is 5.16 Å². The molecule has 0 bridgehead atoms. The Balaban J connectivity index is 1.67. The molecule has 0 aliphatic rings. The maximum Gasteiger partial charge on any atom is 0.338 e. The molecule has 0 aliphatic heterocycles. The normalized spacial score (nSPS) is 10.4. The molecule has 3 aromatic rings. The molecule has 0 saturated heterocycles. The third kappa shape index (κ3) is 4.61. The van der Waals surface area contributed by atoms with E-state index in [1.165, 1.54) is 6.26 Å². The Morgan fingerprint density at radius 1 is 1.07 bits per heavy atom. The average molecular weight is 364 g/mol. The van der Waals surface area contributed by atoms with Crippen molar-refractivity contribution in [1.29, 1.82) is 0 Å². The number of amides is 1. The van der Waals surface area contributed by atoms with Crippen molar-refractivity contribution in [2.24, 2.45) is 0 Å². The molecule has 6 heteroatoms. The van der Waals surface area contributed by atoms with Gasteiger partial charge in [-0.25, -0.2) is 4.79 Å². The fourth-order valence-electron chi connectivity index (χ4n) is 2.48. The summed E-state index contributed by atoms with van der Waals surface area (Å²) in [5, 5.41) is 6.71. The molecule has 1 heterocycles. The van der Waals surface area contributed by atoms with Gasteiger partial charge < -0.3 is 14.6 Å². The number of hydrogen-bond acceptors (Lipinski definition) is 5. The molecule has 27 heavy (non-hydrogen) atoms. The standard InChI is InChI=1S/C21H20N2O4/c1-2-3-13-26-21(25)16-9-11-17(12-10-16)22-20(24)18-14-27-23-19(18)15-7-5-4-6-8-15/h4-12,14H,2-3,13H2,1H3,(H,22,24). The molecule has 138 valence electrons. The van der Waals surface area contributed by atoms with Gasteiger partial charge in [-0.2, -0.15) is 0 Å². The number of carbonyl (C=O) groups is 2. The van der Waals surface area contributed by atoms with Crippen LogP contribution in [0.2, 0.25) is 0 Å². The summed E-state index contributed by atoms with van der Waals surface area (Å²) in [4.78, 5) is 24.5. The van der Waals surface area contributed by atoms with E-state index in [2.05, 4.69) is 10.5 Å². The highest BCUT2D eigenvalue weighted by atomic mass is 16.5. The van der Waals surface area contributed by atoms with E-state index in [9.17, 15) is 9.59 Å². The van der Waals surface area contributed by atoms with Crippen LogP contribution in [0.4, 0.5) is 5.69 Å². The van der Waals surface area contributed by atoms with Crippen LogP contribution in [0, 0.1) is 0 Å². The van der Waals surface area contributed by atoms with Crippen molar-refractivity contribution < 1.29 is 18.8 Å². The Kier molecular flexibility index (Phi) is 5.99. The third-order valence-electron chi connectivity index (χ3n) is 3.97. The monoisotopic (exact) mass is 364 g/mol. The smallest absolute Gasteiger partial charge is 0.338 e. The number of carbonyl (C=O) groups excluding carboxylic acids is 2. The zero-order valence-electron chi connectivity index (χ0n) is 15.0. The first-order valence-corrected chi connectivity index (χ1v) is 8.77. The topological polar surface area (TPSA) is 81.4 Å². The summed E-state index contributed by atoms with van der Waals surface area (Å²) < 4.78 is 10.2. The van der Waals surface area contributed by atoms with E-state index in [1.54, 1.807) is 24.3 Å². The van der Waals surface area contributed by atoms with Gasteiger partial charge in [0.2, 0.25) is 0 Å². The van der Waals surface area contributed by atoms with Gasteiger partial charge in [0.15, 0.2) is 0 Å². The highest BCUT2D eigenvalue weighted by Crippen LogP contribution is 2.23. The molecule has 0 atom stereocenters. The average Bonchev–Trinajstić information content (AvgIpc) is 3.19. The number of rotatable bonds is 7. The van der Waals surface area contributed by atoms with Crippen LogP contribution in [0.1, 0.15) is 40.5 Å². The van der Waals surface area contributed by atoms with Crippen molar-refractivity contribution in [3.05, 3.63) is 72.0 Å². The molecule has 3 rings (SSSR count). The summed E-state index contributed by atoms with van der Waals surface area (Å²) in [5.41, 5.74) is 2.61. The van der Waals surface area contributed by atoms with Crippen LogP contribution in [0.25, 0.3) is 11.3 Å². The van der Waals surface area contributed by atoms with E-state index in [0.29, 0.717) is 29.1 Å². The fraction of sp³-hybridized carbons (Fsp3) is 0.190.